The minimum Gasteiger partial charge on any atom is -0.507 e. The van der Waals surface area contributed by atoms with Crippen LogP contribution in [0.4, 0.5) is 0 Å². The van der Waals surface area contributed by atoms with E-state index in [2.05, 4.69) is 16.8 Å². The number of phenols is 1. The molecule has 0 spiro atoms. The van der Waals surface area contributed by atoms with Gasteiger partial charge in [-0.05, 0) is 25.0 Å². The fourth-order valence-corrected chi connectivity index (χ4v) is 3.40. The summed E-state index contributed by atoms with van der Waals surface area (Å²) in [4.78, 5) is 2.42. The van der Waals surface area contributed by atoms with Crippen molar-refractivity contribution in [1.82, 2.24) is 10.2 Å². The maximum absolute atomic E-state index is 10.7. The first-order valence-electron chi connectivity index (χ1n) is 9.22. The maximum Gasteiger partial charge on any atom is 0.124 e. The Morgan fingerprint density at radius 3 is 2.58 bits per heavy atom. The van der Waals surface area contributed by atoms with E-state index in [0.717, 1.165) is 49.3 Å². The number of hydrogen-bond donors (Lipinski definition) is 2. The van der Waals surface area contributed by atoms with Gasteiger partial charge in [-0.15, -0.1) is 6.58 Å². The number of phenolic OH excluding ortho intramolecular Hbond substituents is 1. The Hall–Kier alpha value is -2.30. The average molecular weight is 352 g/mol. The summed E-state index contributed by atoms with van der Waals surface area (Å²) in [5.74, 6) is 0.977. The van der Waals surface area contributed by atoms with Gasteiger partial charge in [-0.25, -0.2) is 0 Å². The topological polar surface area (TPSA) is 44.7 Å². The Morgan fingerprint density at radius 2 is 1.92 bits per heavy atom. The number of nitrogens with zero attached hydrogens (tertiary/aromatic N) is 1. The summed E-state index contributed by atoms with van der Waals surface area (Å²) in [7, 11) is 0. The van der Waals surface area contributed by atoms with E-state index >= 15 is 0 Å². The first kappa shape index (κ1) is 18.5. The van der Waals surface area contributed by atoms with Gasteiger partial charge in [0.25, 0.3) is 0 Å². The smallest absolute Gasteiger partial charge is 0.124 e. The number of piperazine rings is 1. The zero-order chi connectivity index (χ0) is 18.4. The average Bonchev–Trinajstić information content (AvgIpc) is 2.66. The van der Waals surface area contributed by atoms with Crippen LogP contribution < -0.4 is 10.1 Å². The van der Waals surface area contributed by atoms with Gasteiger partial charge in [-0.1, -0.05) is 42.0 Å². The molecular weight excluding hydrogens is 324 g/mol. The van der Waals surface area contributed by atoms with Crippen molar-refractivity contribution in [3.8, 4) is 11.5 Å². The zero-order valence-electron chi connectivity index (χ0n) is 15.4. The number of benzene rings is 2. The van der Waals surface area contributed by atoms with Crippen molar-refractivity contribution >= 4 is 0 Å². The second-order valence-electron chi connectivity index (χ2n) is 6.96. The lowest BCUT2D eigenvalue weighted by Gasteiger charge is -2.35. The molecule has 2 N–H and O–H groups in total. The number of ether oxygens (including phenoxy) is 1. The van der Waals surface area contributed by atoms with Crippen molar-refractivity contribution in [2.45, 2.75) is 26.0 Å². The molecule has 1 heterocycles. The van der Waals surface area contributed by atoms with Crippen molar-refractivity contribution < 1.29 is 9.84 Å². The summed E-state index contributed by atoms with van der Waals surface area (Å²) in [5, 5.41) is 14.0. The van der Waals surface area contributed by atoms with E-state index in [4.69, 9.17) is 4.74 Å². The molecule has 138 valence electrons. The summed E-state index contributed by atoms with van der Waals surface area (Å²) < 4.78 is 5.83. The Balaban J connectivity index is 1.74. The van der Waals surface area contributed by atoms with E-state index < -0.39 is 0 Å². The van der Waals surface area contributed by atoms with E-state index in [1.54, 1.807) is 6.07 Å². The minimum atomic E-state index is 0.151. The van der Waals surface area contributed by atoms with Crippen molar-refractivity contribution in [2.75, 3.05) is 26.2 Å². The Labute approximate surface area is 156 Å². The van der Waals surface area contributed by atoms with Gasteiger partial charge in [0.15, 0.2) is 0 Å². The second kappa shape index (κ2) is 8.88. The third-order valence-corrected chi connectivity index (χ3v) is 4.74. The van der Waals surface area contributed by atoms with Crippen LogP contribution in [0.2, 0.25) is 0 Å². The van der Waals surface area contributed by atoms with Crippen LogP contribution >= 0.6 is 0 Å². The van der Waals surface area contributed by atoms with E-state index in [-0.39, 0.29) is 6.04 Å². The van der Waals surface area contributed by atoms with Gasteiger partial charge in [0.2, 0.25) is 0 Å². The summed E-state index contributed by atoms with van der Waals surface area (Å²) in [6, 6.07) is 15.9. The molecule has 0 radical (unpaired) electrons. The van der Waals surface area contributed by atoms with Crippen LogP contribution in [0.15, 0.2) is 60.7 Å². The molecule has 1 saturated heterocycles. The van der Waals surface area contributed by atoms with E-state index in [0.29, 0.717) is 18.1 Å². The molecule has 4 nitrogen and oxygen atoms in total. The quantitative estimate of drug-likeness (QED) is 0.742. The third-order valence-electron chi connectivity index (χ3n) is 4.74. The van der Waals surface area contributed by atoms with Gasteiger partial charge in [-0.2, -0.15) is 0 Å². The van der Waals surface area contributed by atoms with E-state index in [1.807, 2.05) is 49.4 Å². The normalized spacial score (nSPS) is 16.2. The highest BCUT2D eigenvalue weighted by molar-refractivity contribution is 5.42. The van der Waals surface area contributed by atoms with Gasteiger partial charge in [0, 0.05) is 43.9 Å². The zero-order valence-corrected chi connectivity index (χ0v) is 15.4. The fourth-order valence-electron chi connectivity index (χ4n) is 3.40. The molecule has 4 heteroatoms. The lowest BCUT2D eigenvalue weighted by atomic mass is 9.97. The second-order valence-corrected chi connectivity index (χ2v) is 6.96. The fraction of sp³-hybridized carbons (Fsp3) is 0.364. The molecule has 0 aromatic heterocycles. The Morgan fingerprint density at radius 1 is 1.19 bits per heavy atom. The van der Waals surface area contributed by atoms with E-state index in [9.17, 15) is 5.11 Å². The summed E-state index contributed by atoms with van der Waals surface area (Å²) in [5.41, 5.74) is 3.18. The SMILES string of the molecule is C=C(C)C[C@@H](c1ccc(OCc2ccccc2)cc1O)N1CCNCC1. The van der Waals surface area contributed by atoms with Gasteiger partial charge in [-0.3, -0.25) is 4.90 Å². The molecule has 1 aliphatic heterocycles. The van der Waals surface area contributed by atoms with Crippen LogP contribution in [0.3, 0.4) is 0 Å². The van der Waals surface area contributed by atoms with Crippen LogP contribution in [0, 0.1) is 0 Å². The highest BCUT2D eigenvalue weighted by Gasteiger charge is 2.24. The number of aromatic hydroxyl groups is 1. The molecule has 2 aromatic rings. The molecule has 2 aromatic carbocycles. The monoisotopic (exact) mass is 352 g/mol. The number of nitrogens with one attached hydrogen (secondary N) is 1. The molecule has 1 atom stereocenters. The van der Waals surface area contributed by atoms with Gasteiger partial charge >= 0.3 is 0 Å². The summed E-state index contributed by atoms with van der Waals surface area (Å²) in [6.45, 7) is 10.5. The molecule has 1 fully saturated rings. The van der Waals surface area contributed by atoms with Crippen molar-refractivity contribution in [2.24, 2.45) is 0 Å². The van der Waals surface area contributed by atoms with E-state index in [1.165, 1.54) is 0 Å². The maximum atomic E-state index is 10.7. The standard InChI is InChI=1S/C22H28N2O2/c1-17(2)14-21(24-12-10-23-11-13-24)20-9-8-19(15-22(20)25)26-16-18-6-4-3-5-7-18/h3-9,15,21,23,25H,1,10-14,16H2,2H3/t21-/m0/s1. The molecule has 0 saturated carbocycles. The van der Waals surface area contributed by atoms with Crippen molar-refractivity contribution in [1.29, 1.82) is 0 Å². The molecule has 0 bridgehead atoms. The van der Waals surface area contributed by atoms with Crippen LogP contribution in [0.5, 0.6) is 11.5 Å². The molecule has 1 aliphatic rings. The Kier molecular flexibility index (Phi) is 6.31. The molecule has 0 unspecified atom stereocenters. The lowest BCUT2D eigenvalue weighted by Crippen LogP contribution is -2.45. The van der Waals surface area contributed by atoms with Crippen LogP contribution in [-0.4, -0.2) is 36.2 Å². The predicted molar refractivity (Wildman–Crippen MR) is 105 cm³/mol. The molecule has 26 heavy (non-hydrogen) atoms. The first-order valence-corrected chi connectivity index (χ1v) is 9.22. The lowest BCUT2D eigenvalue weighted by molar-refractivity contribution is 0.169. The van der Waals surface area contributed by atoms with Crippen LogP contribution in [0.25, 0.3) is 0 Å². The molecule has 0 aliphatic carbocycles. The van der Waals surface area contributed by atoms with Gasteiger partial charge in [0.05, 0.1) is 0 Å². The third kappa shape index (κ3) is 4.87. The van der Waals surface area contributed by atoms with Gasteiger partial charge < -0.3 is 15.2 Å². The van der Waals surface area contributed by atoms with Crippen LogP contribution in [0.1, 0.15) is 30.5 Å². The summed E-state index contributed by atoms with van der Waals surface area (Å²) in [6.07, 6.45) is 0.845. The molecule has 3 rings (SSSR count). The highest BCUT2D eigenvalue weighted by atomic mass is 16.5. The molecular formula is C22H28N2O2. The molecule has 0 amide bonds. The summed E-state index contributed by atoms with van der Waals surface area (Å²) >= 11 is 0. The van der Waals surface area contributed by atoms with Crippen LogP contribution in [-0.2, 0) is 6.61 Å². The number of hydrogen-bond acceptors (Lipinski definition) is 4. The largest absolute Gasteiger partial charge is 0.507 e. The van der Waals surface area contributed by atoms with Crippen molar-refractivity contribution in [3.05, 3.63) is 71.8 Å². The first-order chi connectivity index (χ1) is 12.6. The minimum absolute atomic E-state index is 0.151. The Bertz CT molecular complexity index is 724. The predicted octanol–water partition coefficient (Wildman–Crippen LogP) is 3.88. The van der Waals surface area contributed by atoms with Gasteiger partial charge in [0.1, 0.15) is 18.1 Å². The number of rotatable bonds is 7. The van der Waals surface area contributed by atoms with Crippen molar-refractivity contribution in [3.63, 3.8) is 0 Å². The highest BCUT2D eigenvalue weighted by Crippen LogP contribution is 2.35.